The summed E-state index contributed by atoms with van der Waals surface area (Å²) < 4.78 is 1.26. The van der Waals surface area contributed by atoms with Crippen molar-refractivity contribution in [2.24, 2.45) is 0 Å². The van der Waals surface area contributed by atoms with E-state index in [0.717, 1.165) is 12.0 Å². The molecule has 1 aliphatic heterocycles. The highest BCUT2D eigenvalue weighted by atomic mass is 16.2. The highest BCUT2D eigenvalue weighted by molar-refractivity contribution is 6.03. The van der Waals surface area contributed by atoms with E-state index in [9.17, 15) is 19.2 Å². The maximum atomic E-state index is 12.8. The van der Waals surface area contributed by atoms with Crippen LogP contribution >= 0.6 is 0 Å². The van der Waals surface area contributed by atoms with Crippen LogP contribution in [0.3, 0.4) is 0 Å². The van der Waals surface area contributed by atoms with Gasteiger partial charge in [0, 0.05) is 20.0 Å². The molecule has 0 spiro atoms. The maximum Gasteiger partial charge on any atom is 0.330 e. The number of carbonyl (C=O) groups is 2. The normalized spacial score (nSPS) is 13.2. The molecule has 0 atom stereocenters. The summed E-state index contributed by atoms with van der Waals surface area (Å²) in [4.78, 5) is 55.3. The van der Waals surface area contributed by atoms with Gasteiger partial charge in [-0.25, -0.2) is 4.79 Å². The minimum atomic E-state index is -0.676. The van der Waals surface area contributed by atoms with Crippen LogP contribution in [0.25, 0.3) is 0 Å². The standard InChI is InChI=1S/C24H26N6O4/c1-28(15-19(31)26-17-10-5-6-11-18(17)29-13-7-12-20(29)32)21-22(25)30(24(34)27-23(21)33)14-16-8-3-2-4-9-16/h2-6,8-11H,7,12-15,25H2,1H3,(H,26,31)(H,27,33,34). The van der Waals surface area contributed by atoms with Crippen LogP contribution in [-0.2, 0) is 16.1 Å². The fraction of sp³-hybridized carbons (Fsp3) is 0.250. The molecule has 10 heteroatoms. The quantitative estimate of drug-likeness (QED) is 0.486. The minimum absolute atomic E-state index is 0.0128. The van der Waals surface area contributed by atoms with Crippen LogP contribution < -0.4 is 32.1 Å². The first kappa shape index (κ1) is 22.8. The van der Waals surface area contributed by atoms with E-state index in [1.54, 1.807) is 36.2 Å². The Kier molecular flexibility index (Phi) is 6.48. The Morgan fingerprint density at radius 3 is 2.50 bits per heavy atom. The fourth-order valence-corrected chi connectivity index (χ4v) is 4.07. The molecule has 3 aromatic rings. The number of rotatable bonds is 7. The molecule has 4 N–H and O–H groups in total. The number of H-pyrrole nitrogens is 1. The number of nitrogens with two attached hydrogens (primary N) is 1. The first-order valence-electron chi connectivity index (χ1n) is 10.9. The summed E-state index contributed by atoms with van der Waals surface area (Å²) >= 11 is 0. The Balaban J connectivity index is 1.54. The number of nitrogens with zero attached hydrogens (tertiary/aromatic N) is 3. The van der Waals surface area contributed by atoms with Gasteiger partial charge in [-0.1, -0.05) is 42.5 Å². The zero-order chi connectivity index (χ0) is 24.2. The van der Waals surface area contributed by atoms with E-state index in [1.165, 1.54) is 9.47 Å². The van der Waals surface area contributed by atoms with Gasteiger partial charge >= 0.3 is 5.69 Å². The number of aromatic amines is 1. The first-order valence-corrected chi connectivity index (χ1v) is 10.9. The molecule has 4 rings (SSSR count). The monoisotopic (exact) mass is 462 g/mol. The lowest BCUT2D eigenvalue weighted by Gasteiger charge is -2.23. The highest BCUT2D eigenvalue weighted by Gasteiger charge is 2.25. The van der Waals surface area contributed by atoms with Crippen molar-refractivity contribution in [3.05, 3.63) is 81.0 Å². The van der Waals surface area contributed by atoms with Crippen LogP contribution in [0.15, 0.2) is 64.2 Å². The third-order valence-corrected chi connectivity index (χ3v) is 5.70. The lowest BCUT2D eigenvalue weighted by atomic mass is 10.2. The van der Waals surface area contributed by atoms with Gasteiger partial charge in [0.15, 0.2) is 0 Å². The Labute approximate surface area is 195 Å². The molecule has 34 heavy (non-hydrogen) atoms. The zero-order valence-corrected chi connectivity index (χ0v) is 18.8. The van der Waals surface area contributed by atoms with E-state index in [2.05, 4.69) is 10.3 Å². The third-order valence-electron chi connectivity index (χ3n) is 5.70. The summed E-state index contributed by atoms with van der Waals surface area (Å²) in [5.74, 6) is -0.420. The van der Waals surface area contributed by atoms with E-state index in [1.807, 2.05) is 30.3 Å². The topological polar surface area (TPSA) is 134 Å². The van der Waals surface area contributed by atoms with Crippen LogP contribution in [0.4, 0.5) is 22.9 Å². The van der Waals surface area contributed by atoms with Crippen molar-refractivity contribution < 1.29 is 9.59 Å². The Hall–Kier alpha value is -4.34. The van der Waals surface area contributed by atoms with Gasteiger partial charge < -0.3 is 20.9 Å². The van der Waals surface area contributed by atoms with E-state index in [4.69, 9.17) is 5.73 Å². The molecule has 2 amide bonds. The fourth-order valence-electron chi connectivity index (χ4n) is 4.07. The van der Waals surface area contributed by atoms with Crippen molar-refractivity contribution in [3.63, 3.8) is 0 Å². The van der Waals surface area contributed by atoms with E-state index >= 15 is 0 Å². The number of likely N-dealkylation sites (N-methyl/N-ethyl adjacent to an activating group) is 1. The summed E-state index contributed by atoms with van der Waals surface area (Å²) in [6.07, 6.45) is 1.25. The molecule has 1 fully saturated rings. The summed E-state index contributed by atoms with van der Waals surface area (Å²) in [6, 6.07) is 16.3. The van der Waals surface area contributed by atoms with Crippen molar-refractivity contribution in [3.8, 4) is 0 Å². The molecule has 0 unspecified atom stereocenters. The molecule has 2 aromatic carbocycles. The second kappa shape index (κ2) is 9.65. The molecule has 0 bridgehead atoms. The molecule has 0 radical (unpaired) electrons. The summed E-state index contributed by atoms with van der Waals surface area (Å²) in [5, 5.41) is 2.82. The van der Waals surface area contributed by atoms with Gasteiger partial charge in [-0.3, -0.25) is 23.9 Å². The molecule has 0 saturated carbocycles. The van der Waals surface area contributed by atoms with Gasteiger partial charge in [0.05, 0.1) is 24.5 Å². The van der Waals surface area contributed by atoms with Crippen LogP contribution in [-0.4, -0.2) is 41.5 Å². The number of hydrogen-bond acceptors (Lipinski definition) is 6. The van der Waals surface area contributed by atoms with Gasteiger partial charge in [0.1, 0.15) is 11.5 Å². The first-order chi connectivity index (χ1) is 16.3. The van der Waals surface area contributed by atoms with Crippen molar-refractivity contribution in [2.45, 2.75) is 19.4 Å². The molecule has 1 saturated heterocycles. The van der Waals surface area contributed by atoms with E-state index in [0.29, 0.717) is 24.3 Å². The lowest BCUT2D eigenvalue weighted by Crippen LogP contribution is -2.40. The number of nitrogens with one attached hydrogen (secondary N) is 2. The molecule has 1 aromatic heterocycles. The van der Waals surface area contributed by atoms with Gasteiger partial charge in [-0.2, -0.15) is 0 Å². The summed E-state index contributed by atoms with van der Waals surface area (Å²) in [6.45, 7) is 0.576. The second-order valence-electron chi connectivity index (χ2n) is 8.14. The molecular formula is C24H26N6O4. The van der Waals surface area contributed by atoms with Crippen LogP contribution in [0.5, 0.6) is 0 Å². The molecular weight excluding hydrogens is 436 g/mol. The summed E-state index contributed by atoms with van der Waals surface area (Å²) in [5.41, 5.74) is 6.90. The number of carbonyl (C=O) groups excluding carboxylic acids is 2. The Bertz CT molecular complexity index is 1330. The van der Waals surface area contributed by atoms with Gasteiger partial charge in [0.25, 0.3) is 5.56 Å². The van der Waals surface area contributed by atoms with E-state index in [-0.39, 0.29) is 30.5 Å². The molecule has 2 heterocycles. The number of amides is 2. The van der Waals surface area contributed by atoms with Crippen molar-refractivity contribution in [1.29, 1.82) is 0 Å². The number of para-hydroxylation sites is 2. The average Bonchev–Trinajstić information content (AvgIpc) is 3.23. The predicted molar refractivity (Wildman–Crippen MR) is 131 cm³/mol. The van der Waals surface area contributed by atoms with Crippen molar-refractivity contribution >= 4 is 34.7 Å². The highest BCUT2D eigenvalue weighted by Crippen LogP contribution is 2.29. The number of benzene rings is 2. The van der Waals surface area contributed by atoms with Gasteiger partial charge in [-0.05, 0) is 24.1 Å². The third kappa shape index (κ3) is 4.70. The van der Waals surface area contributed by atoms with Crippen molar-refractivity contribution in [2.75, 3.05) is 41.0 Å². The smallest absolute Gasteiger partial charge is 0.330 e. The number of hydrogen-bond donors (Lipinski definition) is 3. The predicted octanol–water partition coefficient (Wildman–Crippen LogP) is 1.37. The average molecular weight is 463 g/mol. The maximum absolute atomic E-state index is 12.8. The van der Waals surface area contributed by atoms with Gasteiger partial charge in [0.2, 0.25) is 11.8 Å². The number of nitrogen functional groups attached to an aromatic ring is 1. The van der Waals surface area contributed by atoms with Crippen LogP contribution in [0, 0.1) is 0 Å². The second-order valence-corrected chi connectivity index (χ2v) is 8.14. The zero-order valence-electron chi connectivity index (χ0n) is 18.8. The van der Waals surface area contributed by atoms with Crippen LogP contribution in [0.1, 0.15) is 18.4 Å². The largest absolute Gasteiger partial charge is 0.383 e. The molecule has 1 aliphatic rings. The molecule has 10 nitrogen and oxygen atoms in total. The minimum Gasteiger partial charge on any atom is -0.383 e. The van der Waals surface area contributed by atoms with Gasteiger partial charge in [-0.15, -0.1) is 0 Å². The van der Waals surface area contributed by atoms with E-state index < -0.39 is 17.2 Å². The van der Waals surface area contributed by atoms with Crippen LogP contribution in [0.2, 0.25) is 0 Å². The Morgan fingerprint density at radius 1 is 1.09 bits per heavy atom. The number of anilines is 4. The molecule has 176 valence electrons. The Morgan fingerprint density at radius 2 is 1.79 bits per heavy atom. The summed E-state index contributed by atoms with van der Waals surface area (Å²) in [7, 11) is 1.55. The SMILES string of the molecule is CN(CC(=O)Nc1ccccc1N1CCCC1=O)c1c(N)n(Cc2ccccc2)c(=O)[nH]c1=O. The molecule has 0 aliphatic carbocycles. The van der Waals surface area contributed by atoms with Crippen molar-refractivity contribution in [1.82, 2.24) is 9.55 Å². The lowest BCUT2D eigenvalue weighted by molar-refractivity contribution is -0.117. The number of aromatic nitrogens is 2.